The summed E-state index contributed by atoms with van der Waals surface area (Å²) in [6, 6.07) is 2.10. The Morgan fingerprint density at radius 3 is 2.63 bits per heavy atom. The predicted molar refractivity (Wildman–Crippen MR) is 76.1 cm³/mol. The summed E-state index contributed by atoms with van der Waals surface area (Å²) in [6.07, 6.45) is 4.14. The van der Waals surface area contributed by atoms with Crippen molar-refractivity contribution in [2.75, 3.05) is 13.1 Å². The van der Waals surface area contributed by atoms with Gasteiger partial charge in [0.25, 0.3) is 5.91 Å². The Morgan fingerprint density at radius 1 is 1.47 bits per heavy atom. The SMILES string of the molecule is CC(C)n1cc(Br)cc1C(=O)N1CC(O)(C2CC2)C1. The maximum Gasteiger partial charge on any atom is 0.270 e. The zero-order valence-electron chi connectivity index (χ0n) is 11.3. The van der Waals surface area contributed by atoms with Gasteiger partial charge in [0.05, 0.1) is 13.1 Å². The molecule has 1 amide bonds. The van der Waals surface area contributed by atoms with Crippen LogP contribution in [0, 0.1) is 5.92 Å². The third kappa shape index (κ3) is 2.23. The quantitative estimate of drug-likeness (QED) is 0.927. The van der Waals surface area contributed by atoms with Crippen molar-refractivity contribution in [1.82, 2.24) is 9.47 Å². The Bertz CT molecular complexity index is 514. The maximum atomic E-state index is 12.5. The molecule has 0 radical (unpaired) electrons. The van der Waals surface area contributed by atoms with Gasteiger partial charge in [-0.15, -0.1) is 0 Å². The topological polar surface area (TPSA) is 45.5 Å². The molecule has 104 valence electrons. The number of likely N-dealkylation sites (tertiary alicyclic amines) is 1. The Labute approximate surface area is 121 Å². The van der Waals surface area contributed by atoms with Gasteiger partial charge in [0, 0.05) is 16.7 Å². The average molecular weight is 327 g/mol. The Hall–Kier alpha value is -0.810. The number of halogens is 1. The molecule has 0 unspecified atom stereocenters. The van der Waals surface area contributed by atoms with E-state index in [4.69, 9.17) is 0 Å². The van der Waals surface area contributed by atoms with Crippen molar-refractivity contribution in [3.8, 4) is 0 Å². The first-order valence-electron chi connectivity index (χ1n) is 6.80. The van der Waals surface area contributed by atoms with E-state index in [1.807, 2.05) is 16.8 Å². The van der Waals surface area contributed by atoms with Crippen LogP contribution in [0.1, 0.15) is 43.2 Å². The second-order valence-corrected chi connectivity index (χ2v) is 7.00. The summed E-state index contributed by atoms with van der Waals surface area (Å²) in [7, 11) is 0. The first-order valence-corrected chi connectivity index (χ1v) is 7.59. The van der Waals surface area contributed by atoms with Crippen LogP contribution in [-0.2, 0) is 0 Å². The van der Waals surface area contributed by atoms with Crippen LogP contribution in [0.2, 0.25) is 0 Å². The molecule has 0 aromatic carbocycles. The monoisotopic (exact) mass is 326 g/mol. The molecule has 0 atom stereocenters. The molecule has 0 spiro atoms. The van der Waals surface area contributed by atoms with Crippen LogP contribution < -0.4 is 0 Å². The smallest absolute Gasteiger partial charge is 0.270 e. The van der Waals surface area contributed by atoms with Gasteiger partial charge in [-0.1, -0.05) is 0 Å². The van der Waals surface area contributed by atoms with Gasteiger partial charge in [-0.25, -0.2) is 0 Å². The van der Waals surface area contributed by atoms with Crippen molar-refractivity contribution in [3.05, 3.63) is 22.4 Å². The van der Waals surface area contributed by atoms with Crippen LogP contribution in [-0.4, -0.2) is 39.2 Å². The third-order valence-electron chi connectivity index (χ3n) is 4.14. The van der Waals surface area contributed by atoms with Crippen LogP contribution >= 0.6 is 15.9 Å². The molecule has 1 saturated carbocycles. The molecular formula is C14H19BrN2O2. The Kier molecular flexibility index (Phi) is 3.02. The van der Waals surface area contributed by atoms with Crippen LogP contribution in [0.25, 0.3) is 0 Å². The molecule has 1 aromatic heterocycles. The molecule has 5 heteroatoms. The van der Waals surface area contributed by atoms with E-state index in [0.717, 1.165) is 17.3 Å². The molecular weight excluding hydrogens is 308 g/mol. The highest BCUT2D eigenvalue weighted by Gasteiger charge is 2.53. The van der Waals surface area contributed by atoms with Crippen molar-refractivity contribution in [2.24, 2.45) is 5.92 Å². The fourth-order valence-corrected chi connectivity index (χ4v) is 3.28. The molecule has 19 heavy (non-hydrogen) atoms. The van der Waals surface area contributed by atoms with Crippen LogP contribution in [0.3, 0.4) is 0 Å². The lowest BCUT2D eigenvalue weighted by molar-refractivity contribution is -0.0961. The lowest BCUT2D eigenvalue weighted by atomic mass is 9.88. The largest absolute Gasteiger partial charge is 0.386 e. The number of rotatable bonds is 3. The summed E-state index contributed by atoms with van der Waals surface area (Å²) in [6.45, 7) is 5.08. The van der Waals surface area contributed by atoms with Crippen molar-refractivity contribution < 1.29 is 9.90 Å². The van der Waals surface area contributed by atoms with Gasteiger partial charge >= 0.3 is 0 Å². The fourth-order valence-electron chi connectivity index (χ4n) is 2.84. The van der Waals surface area contributed by atoms with Gasteiger partial charge in [-0.05, 0) is 54.6 Å². The second kappa shape index (κ2) is 4.35. The minimum absolute atomic E-state index is 0.0183. The third-order valence-corrected chi connectivity index (χ3v) is 4.58. The van der Waals surface area contributed by atoms with E-state index in [0.29, 0.717) is 24.7 Å². The number of nitrogens with zero attached hydrogens (tertiary/aromatic N) is 2. The molecule has 2 heterocycles. The number of carbonyl (C=O) groups is 1. The summed E-state index contributed by atoms with van der Waals surface area (Å²) in [4.78, 5) is 14.2. The highest BCUT2D eigenvalue weighted by Crippen LogP contribution is 2.44. The van der Waals surface area contributed by atoms with E-state index in [1.165, 1.54) is 0 Å². The normalized spacial score (nSPS) is 21.6. The summed E-state index contributed by atoms with van der Waals surface area (Å²) >= 11 is 3.42. The van der Waals surface area contributed by atoms with E-state index < -0.39 is 5.60 Å². The molecule has 1 aliphatic heterocycles. The number of amides is 1. The summed E-state index contributed by atoms with van der Waals surface area (Å²) in [5, 5.41) is 10.3. The van der Waals surface area contributed by atoms with Crippen LogP contribution in [0.4, 0.5) is 0 Å². The summed E-state index contributed by atoms with van der Waals surface area (Å²) in [5.41, 5.74) is 0.0852. The number of aliphatic hydroxyl groups is 1. The highest BCUT2D eigenvalue weighted by molar-refractivity contribution is 9.10. The van der Waals surface area contributed by atoms with Crippen molar-refractivity contribution in [3.63, 3.8) is 0 Å². The van der Waals surface area contributed by atoms with E-state index >= 15 is 0 Å². The molecule has 1 saturated heterocycles. The van der Waals surface area contributed by atoms with E-state index in [-0.39, 0.29) is 11.9 Å². The zero-order chi connectivity index (χ0) is 13.8. The predicted octanol–water partition coefficient (Wildman–Crippen LogP) is 2.43. The van der Waals surface area contributed by atoms with Crippen LogP contribution in [0.5, 0.6) is 0 Å². The standard InChI is InChI=1S/C14H19BrN2O2/c1-9(2)17-6-11(15)5-12(17)13(18)16-7-14(19,8-16)10-3-4-10/h5-6,9-10,19H,3-4,7-8H2,1-2H3. The number of carbonyl (C=O) groups excluding carboxylic acids is 1. The average Bonchev–Trinajstić information content (AvgIpc) is 3.07. The lowest BCUT2D eigenvalue weighted by Crippen LogP contribution is -2.64. The molecule has 2 fully saturated rings. The van der Waals surface area contributed by atoms with Crippen LogP contribution in [0.15, 0.2) is 16.7 Å². The van der Waals surface area contributed by atoms with E-state index in [2.05, 4.69) is 29.8 Å². The molecule has 2 aliphatic rings. The van der Waals surface area contributed by atoms with Gasteiger partial charge in [-0.3, -0.25) is 4.79 Å². The minimum atomic E-state index is -0.609. The molecule has 1 N–H and O–H groups in total. The van der Waals surface area contributed by atoms with Crippen molar-refractivity contribution in [1.29, 1.82) is 0 Å². The lowest BCUT2D eigenvalue weighted by Gasteiger charge is -2.47. The summed E-state index contributed by atoms with van der Waals surface area (Å²) in [5.74, 6) is 0.435. The maximum absolute atomic E-state index is 12.5. The van der Waals surface area contributed by atoms with Gasteiger partial charge in [0.15, 0.2) is 0 Å². The number of β-amino-alcohol motifs (C(OH)–C–C–N with tert-alkyl or cyclic N) is 1. The number of aromatic nitrogens is 1. The summed E-state index contributed by atoms with van der Waals surface area (Å²) < 4.78 is 2.89. The Balaban J connectivity index is 1.75. The zero-order valence-corrected chi connectivity index (χ0v) is 12.9. The van der Waals surface area contributed by atoms with Gasteiger partial charge in [-0.2, -0.15) is 0 Å². The molecule has 1 aliphatic carbocycles. The van der Waals surface area contributed by atoms with Gasteiger partial charge in [0.2, 0.25) is 0 Å². The van der Waals surface area contributed by atoms with Gasteiger partial charge < -0.3 is 14.6 Å². The number of hydrogen-bond donors (Lipinski definition) is 1. The second-order valence-electron chi connectivity index (χ2n) is 6.08. The van der Waals surface area contributed by atoms with Crippen molar-refractivity contribution in [2.45, 2.75) is 38.3 Å². The fraction of sp³-hybridized carbons (Fsp3) is 0.643. The van der Waals surface area contributed by atoms with E-state index in [9.17, 15) is 9.90 Å². The highest BCUT2D eigenvalue weighted by atomic mass is 79.9. The first kappa shape index (κ1) is 13.2. The molecule has 1 aromatic rings. The minimum Gasteiger partial charge on any atom is -0.386 e. The first-order chi connectivity index (χ1) is 8.90. The Morgan fingerprint density at radius 2 is 2.11 bits per heavy atom. The van der Waals surface area contributed by atoms with Gasteiger partial charge in [0.1, 0.15) is 11.3 Å². The molecule has 0 bridgehead atoms. The molecule has 4 nitrogen and oxygen atoms in total. The van der Waals surface area contributed by atoms with E-state index in [1.54, 1.807) is 4.90 Å². The molecule has 3 rings (SSSR count). The van der Waals surface area contributed by atoms with Crippen molar-refractivity contribution >= 4 is 21.8 Å². The number of hydrogen-bond acceptors (Lipinski definition) is 2.